The van der Waals surface area contributed by atoms with Gasteiger partial charge in [0.05, 0.1) is 6.04 Å². The number of aromatic amines is 1. The summed E-state index contributed by atoms with van der Waals surface area (Å²) in [6.07, 6.45) is 3.45. The van der Waals surface area contributed by atoms with Crippen molar-refractivity contribution in [1.82, 2.24) is 9.88 Å². The van der Waals surface area contributed by atoms with E-state index in [2.05, 4.69) is 34.1 Å². The van der Waals surface area contributed by atoms with Gasteiger partial charge in [0.15, 0.2) is 0 Å². The molecule has 1 fully saturated rings. The zero-order chi connectivity index (χ0) is 12.8. The lowest BCUT2D eigenvalue weighted by atomic mass is 9.86. The van der Waals surface area contributed by atoms with Gasteiger partial charge in [0.1, 0.15) is 0 Å². The number of nitrogens with zero attached hydrogens (tertiary/aromatic N) is 1. The number of rotatable bonds is 1. The third kappa shape index (κ3) is 1.72. The van der Waals surface area contributed by atoms with Crippen molar-refractivity contribution >= 4 is 10.9 Å². The molecule has 0 unspecified atom stereocenters. The van der Waals surface area contributed by atoms with E-state index in [1.54, 1.807) is 0 Å². The average Bonchev–Trinajstić information content (AvgIpc) is 2.85. The summed E-state index contributed by atoms with van der Waals surface area (Å²) in [5, 5.41) is 10.8. The number of benzene rings is 1. The monoisotopic (exact) mass is 256 g/mol. The van der Waals surface area contributed by atoms with Crippen molar-refractivity contribution in [2.45, 2.75) is 25.3 Å². The van der Waals surface area contributed by atoms with Crippen LogP contribution in [-0.4, -0.2) is 34.7 Å². The number of H-pyrrole nitrogens is 1. The predicted octanol–water partition coefficient (Wildman–Crippen LogP) is 2.47. The summed E-state index contributed by atoms with van der Waals surface area (Å²) in [6.45, 7) is 2.52. The molecule has 19 heavy (non-hydrogen) atoms. The first kappa shape index (κ1) is 11.5. The van der Waals surface area contributed by atoms with Crippen molar-refractivity contribution < 1.29 is 5.11 Å². The zero-order valence-electron chi connectivity index (χ0n) is 11.1. The summed E-state index contributed by atoms with van der Waals surface area (Å²) in [4.78, 5) is 6.20. The molecule has 3 heteroatoms. The molecule has 4 rings (SSSR count). The van der Waals surface area contributed by atoms with Crippen molar-refractivity contribution in [3.05, 3.63) is 35.5 Å². The van der Waals surface area contributed by atoms with E-state index in [1.165, 1.54) is 28.6 Å². The van der Waals surface area contributed by atoms with Gasteiger partial charge in [-0.3, -0.25) is 4.90 Å². The lowest BCUT2D eigenvalue weighted by Gasteiger charge is -2.42. The molecule has 0 aliphatic carbocycles. The van der Waals surface area contributed by atoms with Crippen LogP contribution in [-0.2, 0) is 6.42 Å². The molecule has 1 aromatic carbocycles. The number of piperidine rings is 1. The van der Waals surface area contributed by atoms with Crippen molar-refractivity contribution in [2.24, 2.45) is 5.92 Å². The van der Waals surface area contributed by atoms with E-state index in [4.69, 9.17) is 0 Å². The molecule has 0 bridgehead atoms. The number of nitrogens with one attached hydrogen (secondary N) is 1. The van der Waals surface area contributed by atoms with Crippen molar-refractivity contribution in [3.8, 4) is 0 Å². The number of hydrogen-bond donors (Lipinski definition) is 2. The molecule has 0 spiro atoms. The van der Waals surface area contributed by atoms with Crippen LogP contribution in [0.4, 0.5) is 0 Å². The fourth-order valence-corrected chi connectivity index (χ4v) is 3.88. The van der Waals surface area contributed by atoms with Crippen LogP contribution in [0.1, 0.15) is 30.1 Å². The van der Waals surface area contributed by atoms with Crippen LogP contribution in [0.5, 0.6) is 0 Å². The van der Waals surface area contributed by atoms with Crippen molar-refractivity contribution in [1.29, 1.82) is 0 Å². The van der Waals surface area contributed by atoms with Gasteiger partial charge in [-0.2, -0.15) is 0 Å². The highest BCUT2D eigenvalue weighted by molar-refractivity contribution is 5.85. The van der Waals surface area contributed by atoms with E-state index in [0.29, 0.717) is 18.6 Å². The Balaban J connectivity index is 1.75. The van der Waals surface area contributed by atoms with Gasteiger partial charge in [0.25, 0.3) is 0 Å². The number of aromatic nitrogens is 1. The fourth-order valence-electron chi connectivity index (χ4n) is 3.88. The molecule has 0 radical (unpaired) electrons. The normalized spacial score (nSPS) is 27.2. The Kier molecular flexibility index (Phi) is 2.64. The Labute approximate surface area is 113 Å². The molecule has 2 atom stereocenters. The minimum absolute atomic E-state index is 0.336. The third-order valence-electron chi connectivity index (χ3n) is 4.87. The van der Waals surface area contributed by atoms with Gasteiger partial charge in [0.2, 0.25) is 0 Å². The van der Waals surface area contributed by atoms with Gasteiger partial charge in [-0.05, 0) is 36.8 Å². The highest BCUT2D eigenvalue weighted by Gasteiger charge is 2.34. The topological polar surface area (TPSA) is 39.3 Å². The first-order chi connectivity index (χ1) is 9.36. The molecule has 2 aromatic rings. The number of para-hydroxylation sites is 1. The second kappa shape index (κ2) is 4.36. The van der Waals surface area contributed by atoms with Gasteiger partial charge in [-0.25, -0.2) is 0 Å². The summed E-state index contributed by atoms with van der Waals surface area (Å²) in [5.41, 5.74) is 4.24. The highest BCUT2D eigenvalue weighted by Crippen LogP contribution is 2.40. The summed E-state index contributed by atoms with van der Waals surface area (Å²) >= 11 is 0. The van der Waals surface area contributed by atoms with Gasteiger partial charge < -0.3 is 10.1 Å². The smallest absolute Gasteiger partial charge is 0.0501 e. The maximum Gasteiger partial charge on any atom is 0.0501 e. The van der Waals surface area contributed by atoms with E-state index in [9.17, 15) is 5.11 Å². The maximum atomic E-state index is 9.36. The van der Waals surface area contributed by atoms with Crippen LogP contribution in [0, 0.1) is 5.92 Å². The Morgan fingerprint density at radius 1 is 1.26 bits per heavy atom. The molecular weight excluding hydrogens is 236 g/mol. The zero-order valence-corrected chi connectivity index (χ0v) is 11.1. The molecule has 0 saturated carbocycles. The first-order valence-corrected chi connectivity index (χ1v) is 7.31. The molecule has 1 saturated heterocycles. The second-order valence-corrected chi connectivity index (χ2v) is 5.95. The number of hydrogen-bond acceptors (Lipinski definition) is 2. The van der Waals surface area contributed by atoms with E-state index in [-0.39, 0.29) is 0 Å². The number of aliphatic hydroxyl groups excluding tert-OH is 1. The minimum Gasteiger partial charge on any atom is -0.396 e. The molecule has 0 amide bonds. The Hall–Kier alpha value is -1.32. The van der Waals surface area contributed by atoms with Crippen molar-refractivity contribution in [2.75, 3.05) is 19.7 Å². The molecule has 3 heterocycles. The van der Waals surface area contributed by atoms with Gasteiger partial charge in [0, 0.05) is 36.3 Å². The molecular formula is C16H20N2O. The molecule has 2 N–H and O–H groups in total. The SMILES string of the molecule is OC[C@H]1CC[C@H]2c3[nH]c4ccccc4c3CCN2C1. The summed E-state index contributed by atoms with van der Waals surface area (Å²) < 4.78 is 0. The Morgan fingerprint density at radius 3 is 3.05 bits per heavy atom. The Bertz CT molecular complexity index is 604. The van der Waals surface area contributed by atoms with Gasteiger partial charge in [-0.15, -0.1) is 0 Å². The van der Waals surface area contributed by atoms with Gasteiger partial charge >= 0.3 is 0 Å². The largest absolute Gasteiger partial charge is 0.396 e. The van der Waals surface area contributed by atoms with Crippen LogP contribution >= 0.6 is 0 Å². The highest BCUT2D eigenvalue weighted by atomic mass is 16.3. The average molecular weight is 256 g/mol. The predicted molar refractivity (Wildman–Crippen MR) is 76.1 cm³/mol. The van der Waals surface area contributed by atoms with Gasteiger partial charge in [-0.1, -0.05) is 18.2 Å². The second-order valence-electron chi connectivity index (χ2n) is 5.95. The maximum absolute atomic E-state index is 9.36. The van der Waals surface area contributed by atoms with E-state index in [1.807, 2.05) is 0 Å². The number of aliphatic hydroxyl groups is 1. The fraction of sp³-hybridized carbons (Fsp3) is 0.500. The molecule has 1 aromatic heterocycles. The summed E-state index contributed by atoms with van der Waals surface area (Å²) in [6, 6.07) is 9.19. The molecule has 2 aliphatic heterocycles. The molecule has 2 aliphatic rings. The van der Waals surface area contributed by atoms with Crippen LogP contribution in [0.25, 0.3) is 10.9 Å². The van der Waals surface area contributed by atoms with Crippen LogP contribution in [0.2, 0.25) is 0 Å². The van der Waals surface area contributed by atoms with E-state index >= 15 is 0 Å². The summed E-state index contributed by atoms with van der Waals surface area (Å²) in [7, 11) is 0. The molecule has 100 valence electrons. The lowest BCUT2D eigenvalue weighted by molar-refractivity contribution is 0.0672. The van der Waals surface area contributed by atoms with Crippen LogP contribution in [0.15, 0.2) is 24.3 Å². The van der Waals surface area contributed by atoms with Crippen LogP contribution in [0.3, 0.4) is 0 Å². The number of fused-ring (bicyclic) bond motifs is 5. The third-order valence-corrected chi connectivity index (χ3v) is 4.87. The van der Waals surface area contributed by atoms with E-state index in [0.717, 1.165) is 25.9 Å². The first-order valence-electron chi connectivity index (χ1n) is 7.31. The standard InChI is InChI=1S/C16H20N2O/c19-10-11-5-6-15-16-13(7-8-18(15)9-11)12-3-1-2-4-14(12)17-16/h1-4,11,15,17,19H,5-10H2/t11-,15-/m0/s1. The quantitative estimate of drug-likeness (QED) is 0.822. The van der Waals surface area contributed by atoms with Crippen molar-refractivity contribution in [3.63, 3.8) is 0 Å². The summed E-state index contributed by atoms with van der Waals surface area (Å²) in [5.74, 6) is 0.474. The van der Waals surface area contributed by atoms with E-state index < -0.39 is 0 Å². The van der Waals surface area contributed by atoms with Crippen LogP contribution < -0.4 is 0 Å². The lowest BCUT2D eigenvalue weighted by Crippen LogP contribution is -2.43. The Morgan fingerprint density at radius 2 is 2.16 bits per heavy atom. The minimum atomic E-state index is 0.336. The molecule has 3 nitrogen and oxygen atoms in total.